The number of rotatable bonds is 5. The molecule has 0 unspecified atom stereocenters. The number of benzene rings is 2. The second-order valence-corrected chi connectivity index (χ2v) is 8.74. The maximum atomic E-state index is 11.6. The molecule has 2 aromatic carbocycles. The Morgan fingerprint density at radius 3 is 2.66 bits per heavy atom. The molecule has 0 saturated carbocycles. The Balaban J connectivity index is 1.47. The third kappa shape index (κ3) is 4.31. The monoisotopic (exact) mass is 431 g/mol. The Kier molecular flexibility index (Phi) is 6.01. The maximum absolute atomic E-state index is 11.6. The fourth-order valence-electron chi connectivity index (χ4n) is 4.86. The topological polar surface area (TPSA) is 81.6 Å². The van der Waals surface area contributed by atoms with Crippen molar-refractivity contribution in [2.24, 2.45) is 5.92 Å². The number of carbonyl (C=O) groups is 1. The highest BCUT2D eigenvalue weighted by Gasteiger charge is 2.27. The maximum Gasteiger partial charge on any atom is 0.308 e. The molecule has 166 valence electrons. The van der Waals surface area contributed by atoms with E-state index in [-0.39, 0.29) is 5.92 Å². The summed E-state index contributed by atoms with van der Waals surface area (Å²) >= 11 is 0. The van der Waals surface area contributed by atoms with Crippen molar-refractivity contribution in [2.75, 3.05) is 44.2 Å². The molecule has 0 spiro atoms. The number of hydrogen-bond donors (Lipinski definition) is 2. The lowest BCUT2D eigenvalue weighted by molar-refractivity contribution is -0.141. The van der Waals surface area contributed by atoms with Crippen molar-refractivity contribution < 1.29 is 9.90 Å². The van der Waals surface area contributed by atoms with E-state index in [0.717, 1.165) is 80.0 Å². The van der Waals surface area contributed by atoms with Gasteiger partial charge in [0.1, 0.15) is 12.1 Å². The molecule has 2 aliphatic heterocycles. The van der Waals surface area contributed by atoms with E-state index in [1.807, 2.05) is 12.1 Å². The van der Waals surface area contributed by atoms with Crippen LogP contribution in [0.1, 0.15) is 18.4 Å². The van der Waals surface area contributed by atoms with Gasteiger partial charge in [-0.15, -0.1) is 0 Å². The highest BCUT2D eigenvalue weighted by Crippen LogP contribution is 2.35. The Morgan fingerprint density at radius 1 is 1.06 bits per heavy atom. The Morgan fingerprint density at radius 2 is 1.88 bits per heavy atom. The zero-order valence-electron chi connectivity index (χ0n) is 18.2. The van der Waals surface area contributed by atoms with Gasteiger partial charge in [-0.05, 0) is 35.6 Å². The number of anilines is 1. The Hall–Kier alpha value is -3.03. The van der Waals surface area contributed by atoms with Crippen molar-refractivity contribution in [3.8, 4) is 11.1 Å². The largest absolute Gasteiger partial charge is 0.481 e. The Labute approximate surface area is 188 Å². The SMILES string of the molecule is O=C(O)[C@H]1CCCN(c2ncnc3cccc(-c4ccc(CN5CCNCC5)cc4)c23)C1. The molecule has 2 N–H and O–H groups in total. The van der Waals surface area contributed by atoms with Crippen molar-refractivity contribution in [3.63, 3.8) is 0 Å². The summed E-state index contributed by atoms with van der Waals surface area (Å²) in [5.74, 6) is -0.250. The summed E-state index contributed by atoms with van der Waals surface area (Å²) in [7, 11) is 0. The second kappa shape index (κ2) is 9.22. The lowest BCUT2D eigenvalue weighted by Crippen LogP contribution is -2.42. The van der Waals surface area contributed by atoms with Gasteiger partial charge >= 0.3 is 5.97 Å². The van der Waals surface area contributed by atoms with Crippen LogP contribution in [0.5, 0.6) is 0 Å². The minimum Gasteiger partial charge on any atom is -0.481 e. The van der Waals surface area contributed by atoms with Crippen LogP contribution < -0.4 is 10.2 Å². The summed E-state index contributed by atoms with van der Waals surface area (Å²) in [6.07, 6.45) is 3.16. The summed E-state index contributed by atoms with van der Waals surface area (Å²) in [4.78, 5) is 25.3. The molecule has 0 radical (unpaired) electrons. The molecule has 5 rings (SSSR count). The quantitative estimate of drug-likeness (QED) is 0.643. The molecule has 0 aliphatic carbocycles. The standard InChI is InChI=1S/C25H29N5O2/c31-25(32)20-3-2-12-30(16-20)24-23-21(4-1-5-22(23)27-17-28-24)19-8-6-18(7-9-19)15-29-13-10-26-11-14-29/h1,4-9,17,20,26H,2-3,10-16H2,(H,31,32)/t20-/m0/s1. The van der Waals surface area contributed by atoms with E-state index in [0.29, 0.717) is 6.54 Å². The lowest BCUT2D eigenvalue weighted by Gasteiger charge is -2.32. The lowest BCUT2D eigenvalue weighted by atomic mass is 9.96. The molecule has 0 amide bonds. The molecular weight excluding hydrogens is 402 g/mol. The number of carboxylic acids is 1. The molecule has 2 aliphatic rings. The van der Waals surface area contributed by atoms with Crippen LogP contribution in [0.15, 0.2) is 48.8 Å². The summed E-state index contributed by atoms with van der Waals surface area (Å²) in [6.45, 7) is 6.54. The molecule has 7 heteroatoms. The zero-order valence-corrected chi connectivity index (χ0v) is 18.2. The normalized spacial score (nSPS) is 19.9. The molecule has 0 bridgehead atoms. The first-order valence-corrected chi connectivity index (χ1v) is 11.4. The second-order valence-electron chi connectivity index (χ2n) is 8.74. The molecule has 3 heterocycles. The van der Waals surface area contributed by atoms with Gasteiger partial charge < -0.3 is 15.3 Å². The fraction of sp³-hybridized carbons (Fsp3) is 0.400. The highest BCUT2D eigenvalue weighted by molar-refractivity contribution is 6.02. The first-order valence-electron chi connectivity index (χ1n) is 11.4. The van der Waals surface area contributed by atoms with Crippen LogP contribution in [0, 0.1) is 5.92 Å². The molecule has 7 nitrogen and oxygen atoms in total. The number of carboxylic acid groups (broad SMARTS) is 1. The van der Waals surface area contributed by atoms with E-state index < -0.39 is 5.97 Å². The summed E-state index contributed by atoms with van der Waals surface area (Å²) in [5, 5.41) is 13.9. The van der Waals surface area contributed by atoms with Crippen LogP contribution in [-0.2, 0) is 11.3 Å². The molecule has 32 heavy (non-hydrogen) atoms. The minimum absolute atomic E-state index is 0.356. The van der Waals surface area contributed by atoms with Crippen molar-refractivity contribution in [3.05, 3.63) is 54.4 Å². The van der Waals surface area contributed by atoms with Crippen LogP contribution in [0.25, 0.3) is 22.0 Å². The third-order valence-electron chi connectivity index (χ3n) is 6.59. The molecule has 1 aromatic heterocycles. The number of nitrogens with zero attached hydrogens (tertiary/aromatic N) is 4. The average Bonchev–Trinajstić information content (AvgIpc) is 2.84. The number of fused-ring (bicyclic) bond motifs is 1. The van der Waals surface area contributed by atoms with E-state index >= 15 is 0 Å². The van der Waals surface area contributed by atoms with Crippen molar-refractivity contribution >= 4 is 22.7 Å². The van der Waals surface area contributed by atoms with Crippen molar-refractivity contribution in [1.82, 2.24) is 20.2 Å². The smallest absolute Gasteiger partial charge is 0.308 e. The third-order valence-corrected chi connectivity index (χ3v) is 6.59. The number of aliphatic carboxylic acids is 1. The number of nitrogens with one attached hydrogen (secondary N) is 1. The van der Waals surface area contributed by atoms with Crippen LogP contribution in [-0.4, -0.2) is 65.2 Å². The number of aromatic nitrogens is 2. The Bertz CT molecular complexity index is 1090. The van der Waals surface area contributed by atoms with Crippen LogP contribution >= 0.6 is 0 Å². The van der Waals surface area contributed by atoms with E-state index in [2.05, 4.69) is 55.4 Å². The van der Waals surface area contributed by atoms with E-state index in [9.17, 15) is 9.90 Å². The minimum atomic E-state index is -0.728. The number of hydrogen-bond acceptors (Lipinski definition) is 6. The zero-order chi connectivity index (χ0) is 21.9. The predicted molar refractivity (Wildman–Crippen MR) is 126 cm³/mol. The first-order chi connectivity index (χ1) is 15.7. The molecular formula is C25H29N5O2. The molecule has 1 atom stereocenters. The van der Waals surface area contributed by atoms with E-state index in [1.165, 1.54) is 5.56 Å². The van der Waals surface area contributed by atoms with Gasteiger partial charge in [0.25, 0.3) is 0 Å². The van der Waals surface area contributed by atoms with Gasteiger partial charge in [0.05, 0.1) is 16.8 Å². The summed E-state index contributed by atoms with van der Waals surface area (Å²) < 4.78 is 0. The van der Waals surface area contributed by atoms with Gasteiger partial charge in [-0.2, -0.15) is 0 Å². The number of piperidine rings is 1. The van der Waals surface area contributed by atoms with Gasteiger partial charge in [-0.3, -0.25) is 9.69 Å². The summed E-state index contributed by atoms with van der Waals surface area (Å²) in [6, 6.07) is 14.9. The molecule has 2 saturated heterocycles. The first kappa shape index (κ1) is 20.8. The van der Waals surface area contributed by atoms with Gasteiger partial charge in [-0.1, -0.05) is 36.4 Å². The van der Waals surface area contributed by atoms with Gasteiger partial charge in [0, 0.05) is 45.8 Å². The predicted octanol–water partition coefficient (Wildman–Crippen LogP) is 3.00. The van der Waals surface area contributed by atoms with Crippen LogP contribution in [0.2, 0.25) is 0 Å². The fourth-order valence-corrected chi connectivity index (χ4v) is 4.86. The summed E-state index contributed by atoms with van der Waals surface area (Å²) in [5.41, 5.74) is 4.41. The van der Waals surface area contributed by atoms with Crippen LogP contribution in [0.4, 0.5) is 5.82 Å². The number of piperazine rings is 1. The van der Waals surface area contributed by atoms with E-state index in [1.54, 1.807) is 6.33 Å². The van der Waals surface area contributed by atoms with Crippen molar-refractivity contribution in [2.45, 2.75) is 19.4 Å². The average molecular weight is 432 g/mol. The van der Waals surface area contributed by atoms with Crippen LogP contribution in [0.3, 0.4) is 0 Å². The highest BCUT2D eigenvalue weighted by atomic mass is 16.4. The van der Waals surface area contributed by atoms with Crippen molar-refractivity contribution in [1.29, 1.82) is 0 Å². The van der Waals surface area contributed by atoms with Gasteiger partial charge in [0.15, 0.2) is 0 Å². The van der Waals surface area contributed by atoms with Gasteiger partial charge in [0.2, 0.25) is 0 Å². The molecule has 2 fully saturated rings. The molecule has 3 aromatic rings. The van der Waals surface area contributed by atoms with E-state index in [4.69, 9.17) is 0 Å². The van der Waals surface area contributed by atoms with Gasteiger partial charge in [-0.25, -0.2) is 9.97 Å².